The Labute approximate surface area is 159 Å². The average Bonchev–Trinajstić information content (AvgIpc) is 3.14. The van der Waals surface area contributed by atoms with E-state index in [2.05, 4.69) is 4.98 Å². The van der Waals surface area contributed by atoms with Crippen molar-refractivity contribution < 1.29 is 4.74 Å². The number of benzene rings is 1. The highest BCUT2D eigenvalue weighted by Crippen LogP contribution is 2.34. The standard InChI is InChI=1S/C21H25N5O/c1-14-13-23-11-10-18(14)26-21(16-8-9-19(27-2)17(22)12-16)24-20(25-26)15-6-4-3-5-7-15/h3-7,10-11,13,16-17,19H,8-9,12,22H2,1-2H3/t16-,17+,19+/m0/s1. The van der Waals surface area contributed by atoms with Gasteiger partial charge in [-0.25, -0.2) is 9.67 Å². The molecule has 0 amide bonds. The predicted octanol–water partition coefficient (Wildman–Crippen LogP) is 3.25. The van der Waals surface area contributed by atoms with Crippen LogP contribution in [0.5, 0.6) is 0 Å². The molecule has 6 heteroatoms. The molecule has 1 saturated carbocycles. The van der Waals surface area contributed by atoms with Crippen LogP contribution >= 0.6 is 0 Å². The second-order valence-electron chi connectivity index (χ2n) is 7.18. The van der Waals surface area contributed by atoms with Crippen molar-refractivity contribution >= 4 is 0 Å². The van der Waals surface area contributed by atoms with Crippen LogP contribution in [0.15, 0.2) is 48.8 Å². The van der Waals surface area contributed by atoms with Gasteiger partial charge in [-0.2, -0.15) is 0 Å². The SMILES string of the molecule is CO[C@@H]1CC[C@H](c2nc(-c3ccccc3)nn2-c2ccncc2C)C[C@H]1N. The van der Waals surface area contributed by atoms with E-state index in [-0.39, 0.29) is 18.1 Å². The molecular weight excluding hydrogens is 338 g/mol. The van der Waals surface area contributed by atoms with Crippen LogP contribution < -0.4 is 5.73 Å². The molecule has 0 aliphatic heterocycles. The van der Waals surface area contributed by atoms with Crippen molar-refractivity contribution in [3.05, 3.63) is 60.2 Å². The summed E-state index contributed by atoms with van der Waals surface area (Å²) in [5.41, 5.74) is 9.45. The van der Waals surface area contributed by atoms with Crippen molar-refractivity contribution in [2.24, 2.45) is 5.73 Å². The van der Waals surface area contributed by atoms with Crippen molar-refractivity contribution in [1.82, 2.24) is 19.7 Å². The number of aryl methyl sites for hydroxylation is 1. The molecule has 0 saturated heterocycles. The fourth-order valence-electron chi connectivity index (χ4n) is 3.88. The number of ether oxygens (including phenoxy) is 1. The number of nitrogens with two attached hydrogens (primary N) is 1. The minimum absolute atomic E-state index is 0.0117. The number of hydrogen-bond acceptors (Lipinski definition) is 5. The molecule has 0 bridgehead atoms. The summed E-state index contributed by atoms with van der Waals surface area (Å²) in [6.45, 7) is 2.05. The Morgan fingerprint density at radius 1 is 1.15 bits per heavy atom. The highest BCUT2D eigenvalue weighted by Gasteiger charge is 2.32. The molecule has 1 aliphatic rings. The van der Waals surface area contributed by atoms with Crippen LogP contribution in [0.4, 0.5) is 0 Å². The largest absolute Gasteiger partial charge is 0.380 e. The number of pyridine rings is 1. The van der Waals surface area contributed by atoms with Gasteiger partial charge in [0.15, 0.2) is 5.82 Å². The predicted molar refractivity (Wildman–Crippen MR) is 105 cm³/mol. The molecule has 4 rings (SSSR count). The number of nitrogens with zero attached hydrogens (tertiary/aromatic N) is 4. The third-order valence-electron chi connectivity index (χ3n) is 5.38. The van der Waals surface area contributed by atoms with Gasteiger partial charge in [0, 0.05) is 37.0 Å². The van der Waals surface area contributed by atoms with Gasteiger partial charge in [0.1, 0.15) is 5.82 Å². The Morgan fingerprint density at radius 3 is 2.67 bits per heavy atom. The van der Waals surface area contributed by atoms with Crippen molar-refractivity contribution in [3.8, 4) is 17.1 Å². The van der Waals surface area contributed by atoms with Gasteiger partial charge in [-0.3, -0.25) is 4.98 Å². The first-order valence-corrected chi connectivity index (χ1v) is 9.39. The van der Waals surface area contributed by atoms with E-state index in [9.17, 15) is 0 Å². The normalized spacial score (nSPS) is 22.7. The van der Waals surface area contributed by atoms with Gasteiger partial charge in [0.25, 0.3) is 0 Å². The molecule has 2 N–H and O–H groups in total. The molecule has 3 atom stereocenters. The van der Waals surface area contributed by atoms with Crippen LogP contribution in [0.1, 0.15) is 36.6 Å². The van der Waals surface area contributed by atoms with E-state index in [0.717, 1.165) is 47.7 Å². The lowest BCUT2D eigenvalue weighted by atomic mass is 9.83. The zero-order valence-electron chi connectivity index (χ0n) is 15.7. The maximum absolute atomic E-state index is 6.36. The fraction of sp³-hybridized carbons (Fsp3) is 0.381. The summed E-state index contributed by atoms with van der Waals surface area (Å²) in [4.78, 5) is 9.15. The van der Waals surface area contributed by atoms with Gasteiger partial charge in [-0.1, -0.05) is 30.3 Å². The zero-order chi connectivity index (χ0) is 18.8. The minimum Gasteiger partial charge on any atom is -0.380 e. The quantitative estimate of drug-likeness (QED) is 0.770. The molecule has 0 spiro atoms. The third-order valence-corrected chi connectivity index (χ3v) is 5.38. The molecule has 140 valence electrons. The maximum Gasteiger partial charge on any atom is 0.181 e. The topological polar surface area (TPSA) is 78.9 Å². The summed E-state index contributed by atoms with van der Waals surface area (Å²) in [6.07, 6.45) is 6.54. The van der Waals surface area contributed by atoms with E-state index in [4.69, 9.17) is 20.6 Å². The second-order valence-corrected chi connectivity index (χ2v) is 7.18. The second kappa shape index (κ2) is 7.58. The monoisotopic (exact) mass is 363 g/mol. The fourth-order valence-corrected chi connectivity index (χ4v) is 3.88. The van der Waals surface area contributed by atoms with Gasteiger partial charge in [-0.15, -0.1) is 5.10 Å². The molecule has 27 heavy (non-hydrogen) atoms. The zero-order valence-corrected chi connectivity index (χ0v) is 15.7. The molecular formula is C21H25N5O. The van der Waals surface area contributed by atoms with E-state index < -0.39 is 0 Å². The Bertz CT molecular complexity index is 908. The lowest BCUT2D eigenvalue weighted by Gasteiger charge is -2.32. The smallest absolute Gasteiger partial charge is 0.181 e. The van der Waals surface area contributed by atoms with Crippen LogP contribution in [-0.4, -0.2) is 39.0 Å². The lowest BCUT2D eigenvalue weighted by Crippen LogP contribution is -2.41. The number of aromatic nitrogens is 4. The molecule has 1 fully saturated rings. The van der Waals surface area contributed by atoms with E-state index in [0.29, 0.717) is 0 Å². The summed E-state index contributed by atoms with van der Waals surface area (Å²) >= 11 is 0. The van der Waals surface area contributed by atoms with Crippen LogP contribution in [0.2, 0.25) is 0 Å². The Kier molecular flexibility index (Phi) is 5.01. The van der Waals surface area contributed by atoms with Crippen molar-refractivity contribution in [2.45, 2.75) is 44.2 Å². The lowest BCUT2D eigenvalue weighted by molar-refractivity contribution is 0.0482. The first-order valence-electron chi connectivity index (χ1n) is 9.39. The molecule has 3 aromatic rings. The molecule has 1 aromatic carbocycles. The summed E-state index contributed by atoms with van der Waals surface area (Å²) in [7, 11) is 1.74. The molecule has 1 aliphatic carbocycles. The number of hydrogen-bond donors (Lipinski definition) is 1. The van der Waals surface area contributed by atoms with Crippen LogP contribution in [0.3, 0.4) is 0 Å². The van der Waals surface area contributed by atoms with Gasteiger partial charge >= 0.3 is 0 Å². The maximum atomic E-state index is 6.36. The average molecular weight is 363 g/mol. The highest BCUT2D eigenvalue weighted by atomic mass is 16.5. The Hall–Kier alpha value is -2.57. The summed E-state index contributed by atoms with van der Waals surface area (Å²) in [6, 6.07) is 12.1. The Morgan fingerprint density at radius 2 is 1.96 bits per heavy atom. The summed E-state index contributed by atoms with van der Waals surface area (Å²) in [5, 5.41) is 4.86. The molecule has 0 radical (unpaired) electrons. The van der Waals surface area contributed by atoms with Crippen molar-refractivity contribution in [1.29, 1.82) is 0 Å². The van der Waals surface area contributed by atoms with Crippen LogP contribution in [-0.2, 0) is 4.74 Å². The number of methoxy groups -OCH3 is 1. The van der Waals surface area contributed by atoms with Crippen molar-refractivity contribution in [3.63, 3.8) is 0 Å². The first kappa shape index (κ1) is 17.8. The molecule has 6 nitrogen and oxygen atoms in total. The van der Waals surface area contributed by atoms with Crippen LogP contribution in [0, 0.1) is 6.92 Å². The summed E-state index contributed by atoms with van der Waals surface area (Å²) in [5.74, 6) is 1.96. The number of rotatable bonds is 4. The van der Waals surface area contributed by atoms with E-state index in [1.807, 2.05) is 54.2 Å². The van der Waals surface area contributed by atoms with E-state index in [1.165, 1.54) is 0 Å². The highest BCUT2D eigenvalue weighted by molar-refractivity contribution is 5.55. The minimum atomic E-state index is 0.0117. The Balaban J connectivity index is 1.78. The first-order chi connectivity index (χ1) is 13.2. The van der Waals surface area contributed by atoms with Crippen LogP contribution in [0.25, 0.3) is 17.1 Å². The van der Waals surface area contributed by atoms with Gasteiger partial charge in [0.05, 0.1) is 11.8 Å². The van der Waals surface area contributed by atoms with Gasteiger partial charge in [-0.05, 0) is 37.8 Å². The molecule has 2 aromatic heterocycles. The van der Waals surface area contributed by atoms with E-state index in [1.54, 1.807) is 13.3 Å². The summed E-state index contributed by atoms with van der Waals surface area (Å²) < 4.78 is 7.50. The molecule has 0 unspecified atom stereocenters. The third kappa shape index (κ3) is 3.50. The molecule has 2 heterocycles. The van der Waals surface area contributed by atoms with E-state index >= 15 is 0 Å². The van der Waals surface area contributed by atoms with Crippen molar-refractivity contribution in [2.75, 3.05) is 7.11 Å². The van der Waals surface area contributed by atoms with Gasteiger partial charge in [0.2, 0.25) is 0 Å². The van der Waals surface area contributed by atoms with Gasteiger partial charge < -0.3 is 10.5 Å².